The molecule has 0 aromatic carbocycles. The Labute approximate surface area is 60.6 Å². The van der Waals surface area contributed by atoms with Crippen molar-refractivity contribution in [2.24, 2.45) is 0 Å². The smallest absolute Gasteiger partial charge is 0.103 e. The number of piperidine rings is 1. The van der Waals surface area contributed by atoms with Crippen LogP contribution in [0.1, 0.15) is 12.8 Å². The van der Waals surface area contributed by atoms with Crippen molar-refractivity contribution in [3.63, 3.8) is 0 Å². The van der Waals surface area contributed by atoms with E-state index in [2.05, 4.69) is 0 Å². The van der Waals surface area contributed by atoms with Gasteiger partial charge in [0.2, 0.25) is 0 Å². The van der Waals surface area contributed by atoms with Crippen molar-refractivity contribution in [3.05, 3.63) is 0 Å². The zero-order chi connectivity index (χ0) is 7.40. The largest absolute Gasteiger partial charge is 0.301 e. The quantitative estimate of drug-likeness (QED) is 0.566. The summed E-state index contributed by atoms with van der Waals surface area (Å²) in [5.74, 6) is 0. The van der Waals surface area contributed by atoms with Crippen molar-refractivity contribution in [3.8, 4) is 0 Å². The molecule has 2 nitrogen and oxygen atoms in total. The van der Waals surface area contributed by atoms with Crippen LogP contribution in [0, 0.1) is 0 Å². The van der Waals surface area contributed by atoms with Crippen molar-refractivity contribution >= 4 is 0 Å². The van der Waals surface area contributed by atoms with Gasteiger partial charge in [-0.25, -0.2) is 9.50 Å². The first-order valence-electron chi connectivity index (χ1n) is 3.77. The lowest BCUT2D eigenvalue weighted by atomic mass is 10.1. The second-order valence-corrected chi connectivity index (χ2v) is 2.72. The molecule has 1 heterocycles. The topological polar surface area (TPSA) is 23.1 Å². The summed E-state index contributed by atoms with van der Waals surface area (Å²) in [6, 6.07) is 0. The van der Waals surface area contributed by atoms with Gasteiger partial charge in [0, 0.05) is 19.6 Å². The summed E-state index contributed by atoms with van der Waals surface area (Å²) in [4.78, 5) is 2.03. The summed E-state index contributed by atoms with van der Waals surface area (Å²) in [6.07, 6.45) is 0.600. The van der Waals surface area contributed by atoms with Crippen LogP contribution in [0.2, 0.25) is 0 Å². The van der Waals surface area contributed by atoms with Gasteiger partial charge in [-0.2, -0.15) is 0 Å². The zero-order valence-corrected chi connectivity index (χ0v) is 6.05. The predicted molar refractivity (Wildman–Crippen MR) is 36.1 cm³/mol. The summed E-state index contributed by atoms with van der Waals surface area (Å²) in [5.41, 5.74) is 0. The summed E-state index contributed by atoms with van der Waals surface area (Å²) in [6.45, 7) is 2.07. The molecule has 0 saturated carbocycles. The third kappa shape index (κ3) is 2.23. The minimum Gasteiger partial charge on any atom is -0.301 e. The van der Waals surface area contributed by atoms with Gasteiger partial charge in [0.1, 0.15) is 6.17 Å². The van der Waals surface area contributed by atoms with Crippen molar-refractivity contribution in [2.75, 3.05) is 26.2 Å². The molecule has 59 valence electrons. The highest BCUT2D eigenvalue weighted by molar-refractivity contribution is 4.70. The minimum atomic E-state index is -0.622. The van der Waals surface area contributed by atoms with Crippen molar-refractivity contribution in [2.45, 2.75) is 19.0 Å². The van der Waals surface area contributed by atoms with Gasteiger partial charge in [0.25, 0.3) is 0 Å². The SMILES string of the molecule is [O]CCN1CCC(F)CC1. The van der Waals surface area contributed by atoms with Gasteiger partial charge in [-0.15, -0.1) is 0 Å². The molecule has 0 N–H and O–H groups in total. The van der Waals surface area contributed by atoms with E-state index in [9.17, 15) is 9.50 Å². The molecule has 10 heavy (non-hydrogen) atoms. The van der Waals surface area contributed by atoms with E-state index in [-0.39, 0.29) is 6.61 Å². The lowest BCUT2D eigenvalue weighted by Gasteiger charge is -2.27. The van der Waals surface area contributed by atoms with Crippen LogP contribution in [-0.4, -0.2) is 37.3 Å². The molecule has 0 amide bonds. The highest BCUT2D eigenvalue weighted by atomic mass is 19.1. The fourth-order valence-electron chi connectivity index (χ4n) is 1.25. The lowest BCUT2D eigenvalue weighted by molar-refractivity contribution is 0.102. The molecule has 0 aliphatic carbocycles. The highest BCUT2D eigenvalue weighted by Crippen LogP contribution is 2.12. The fraction of sp³-hybridized carbons (Fsp3) is 1.00. The molecule has 0 spiro atoms. The average molecular weight is 146 g/mol. The average Bonchev–Trinajstić information content (AvgIpc) is 1.95. The van der Waals surface area contributed by atoms with E-state index in [0.717, 1.165) is 13.1 Å². The molecule has 0 bridgehead atoms. The van der Waals surface area contributed by atoms with Crippen LogP contribution in [0.5, 0.6) is 0 Å². The van der Waals surface area contributed by atoms with E-state index >= 15 is 0 Å². The molecule has 1 radical (unpaired) electrons. The number of halogens is 1. The van der Waals surface area contributed by atoms with Gasteiger partial charge in [0.05, 0.1) is 6.61 Å². The van der Waals surface area contributed by atoms with Crippen molar-refractivity contribution in [1.82, 2.24) is 4.90 Å². The third-order valence-electron chi connectivity index (χ3n) is 1.92. The van der Waals surface area contributed by atoms with E-state index in [4.69, 9.17) is 0 Å². The summed E-state index contributed by atoms with van der Waals surface area (Å²) in [7, 11) is 0. The summed E-state index contributed by atoms with van der Waals surface area (Å²) in [5, 5.41) is 10.1. The molecule has 0 atom stereocenters. The first kappa shape index (κ1) is 7.95. The molecule has 1 rings (SSSR count). The summed E-state index contributed by atoms with van der Waals surface area (Å²) >= 11 is 0. The Kier molecular flexibility index (Phi) is 3.09. The van der Waals surface area contributed by atoms with Gasteiger partial charge in [-0.05, 0) is 12.8 Å². The van der Waals surface area contributed by atoms with Crippen molar-refractivity contribution < 1.29 is 9.50 Å². The maximum Gasteiger partial charge on any atom is 0.103 e. The van der Waals surface area contributed by atoms with Crippen LogP contribution >= 0.6 is 0 Å². The number of hydrogen-bond donors (Lipinski definition) is 0. The monoisotopic (exact) mass is 146 g/mol. The van der Waals surface area contributed by atoms with Crippen LogP contribution in [0.25, 0.3) is 0 Å². The molecule has 1 fully saturated rings. The Bertz CT molecular complexity index is 91.6. The van der Waals surface area contributed by atoms with Gasteiger partial charge >= 0.3 is 0 Å². The molecule has 0 unspecified atom stereocenters. The Balaban J connectivity index is 2.13. The predicted octanol–water partition coefficient (Wildman–Crippen LogP) is 0.851. The zero-order valence-electron chi connectivity index (χ0n) is 6.05. The molecular weight excluding hydrogens is 133 g/mol. The first-order valence-corrected chi connectivity index (χ1v) is 3.77. The van der Waals surface area contributed by atoms with Gasteiger partial charge in [0.15, 0.2) is 0 Å². The normalized spacial score (nSPS) is 23.4. The molecule has 0 aromatic heterocycles. The van der Waals surface area contributed by atoms with E-state index in [1.165, 1.54) is 0 Å². The maximum absolute atomic E-state index is 12.5. The molecule has 0 aromatic rings. The van der Waals surface area contributed by atoms with Gasteiger partial charge in [-0.1, -0.05) is 0 Å². The first-order chi connectivity index (χ1) is 4.83. The molecule has 1 aliphatic rings. The Hall–Kier alpha value is -0.150. The number of rotatable bonds is 2. The highest BCUT2D eigenvalue weighted by Gasteiger charge is 2.17. The number of alkyl halides is 1. The fourth-order valence-corrected chi connectivity index (χ4v) is 1.25. The van der Waals surface area contributed by atoms with Gasteiger partial charge < -0.3 is 4.90 Å². The summed E-state index contributed by atoms with van der Waals surface area (Å²) < 4.78 is 12.5. The van der Waals surface area contributed by atoms with Crippen LogP contribution < -0.4 is 0 Å². The van der Waals surface area contributed by atoms with Gasteiger partial charge in [-0.3, -0.25) is 0 Å². The molecule has 1 aliphatic heterocycles. The number of hydrogen-bond acceptors (Lipinski definition) is 1. The molecular formula is C7H13FNO. The van der Waals surface area contributed by atoms with Crippen molar-refractivity contribution in [1.29, 1.82) is 0 Å². The van der Waals surface area contributed by atoms with Crippen LogP contribution in [0.15, 0.2) is 0 Å². The van der Waals surface area contributed by atoms with E-state index in [1.807, 2.05) is 4.90 Å². The Morgan fingerprint density at radius 2 is 2.00 bits per heavy atom. The maximum atomic E-state index is 12.5. The Morgan fingerprint density at radius 1 is 1.40 bits per heavy atom. The number of nitrogens with zero attached hydrogens (tertiary/aromatic N) is 1. The minimum absolute atomic E-state index is 0.0586. The second kappa shape index (κ2) is 3.88. The standard InChI is InChI=1S/C7H13FNO/c8-7-1-3-9(4-2-7)5-6-10/h7H,1-6H2. The van der Waals surface area contributed by atoms with Crippen LogP contribution in [-0.2, 0) is 5.11 Å². The van der Waals surface area contributed by atoms with E-state index < -0.39 is 6.17 Å². The van der Waals surface area contributed by atoms with Crippen LogP contribution in [0.4, 0.5) is 4.39 Å². The van der Waals surface area contributed by atoms with E-state index in [1.54, 1.807) is 0 Å². The van der Waals surface area contributed by atoms with E-state index in [0.29, 0.717) is 19.4 Å². The number of likely N-dealkylation sites (tertiary alicyclic amines) is 1. The second-order valence-electron chi connectivity index (χ2n) is 2.72. The molecule has 1 saturated heterocycles. The molecule has 3 heteroatoms. The third-order valence-corrected chi connectivity index (χ3v) is 1.92. The Morgan fingerprint density at radius 3 is 2.50 bits per heavy atom. The van der Waals surface area contributed by atoms with Crippen LogP contribution in [0.3, 0.4) is 0 Å². The lowest BCUT2D eigenvalue weighted by Crippen LogP contribution is -2.35.